The van der Waals surface area contributed by atoms with Crippen molar-refractivity contribution in [3.8, 4) is 0 Å². The lowest BCUT2D eigenvalue weighted by atomic mass is 10.2. The highest BCUT2D eigenvalue weighted by Crippen LogP contribution is 2.20. The fourth-order valence-corrected chi connectivity index (χ4v) is 2.72. The van der Waals surface area contributed by atoms with Crippen molar-refractivity contribution in [3.05, 3.63) is 29.7 Å². The van der Waals surface area contributed by atoms with Gasteiger partial charge in [-0.25, -0.2) is 4.98 Å². The summed E-state index contributed by atoms with van der Waals surface area (Å²) >= 11 is 0. The number of hydrogen-bond acceptors (Lipinski definition) is 5. The van der Waals surface area contributed by atoms with Gasteiger partial charge < -0.3 is 20.2 Å². The minimum atomic E-state index is -0.376. The summed E-state index contributed by atoms with van der Waals surface area (Å²) in [5, 5.41) is 2.87. The van der Waals surface area contributed by atoms with Crippen LogP contribution in [0.5, 0.6) is 0 Å². The number of benzene rings is 1. The van der Waals surface area contributed by atoms with Crippen molar-refractivity contribution in [2.75, 3.05) is 13.1 Å². The summed E-state index contributed by atoms with van der Waals surface area (Å²) < 4.78 is 11.2. The zero-order valence-corrected chi connectivity index (χ0v) is 13.9. The SMILES string of the molecule is Cc1cccc2oc(CCNC(=O)[C@@H]3CC[C@H](CN)O3)nc12.Cl. The average Bonchev–Trinajstić information content (AvgIpc) is 3.14. The number of oxazole rings is 1. The molecule has 0 radical (unpaired) electrons. The number of nitrogens with zero attached hydrogens (tertiary/aromatic N) is 1. The third-order valence-corrected chi connectivity index (χ3v) is 3.97. The Bertz CT molecular complexity index is 674. The van der Waals surface area contributed by atoms with E-state index in [9.17, 15) is 4.79 Å². The van der Waals surface area contributed by atoms with Crippen molar-refractivity contribution in [1.82, 2.24) is 10.3 Å². The predicted molar refractivity (Wildman–Crippen MR) is 89.7 cm³/mol. The molecule has 1 aromatic heterocycles. The number of hydrogen-bond donors (Lipinski definition) is 2. The van der Waals surface area contributed by atoms with Crippen molar-refractivity contribution in [1.29, 1.82) is 0 Å². The van der Waals surface area contributed by atoms with E-state index in [0.717, 1.165) is 29.5 Å². The molecular weight excluding hydrogens is 318 g/mol. The number of halogens is 1. The van der Waals surface area contributed by atoms with Gasteiger partial charge in [0.25, 0.3) is 0 Å². The number of ether oxygens (including phenoxy) is 1. The quantitative estimate of drug-likeness (QED) is 0.865. The van der Waals surface area contributed by atoms with Crippen LogP contribution in [0, 0.1) is 6.92 Å². The zero-order valence-electron chi connectivity index (χ0n) is 13.1. The number of aromatic nitrogens is 1. The largest absolute Gasteiger partial charge is 0.441 e. The van der Waals surface area contributed by atoms with Crippen LogP contribution in [0.15, 0.2) is 22.6 Å². The van der Waals surface area contributed by atoms with E-state index in [1.165, 1.54) is 0 Å². The topological polar surface area (TPSA) is 90.4 Å². The van der Waals surface area contributed by atoms with Crippen LogP contribution >= 0.6 is 12.4 Å². The standard InChI is InChI=1S/C16H21N3O3.ClH/c1-10-3-2-4-12-15(10)19-14(22-12)7-8-18-16(20)13-6-5-11(9-17)21-13;/h2-4,11,13H,5-9,17H2,1H3,(H,18,20);1H/t11-,13+;/m1./s1. The van der Waals surface area contributed by atoms with Crippen molar-refractivity contribution in [2.24, 2.45) is 5.73 Å². The van der Waals surface area contributed by atoms with E-state index in [-0.39, 0.29) is 30.5 Å². The first-order valence-corrected chi connectivity index (χ1v) is 7.65. The van der Waals surface area contributed by atoms with Gasteiger partial charge in [-0.3, -0.25) is 4.79 Å². The van der Waals surface area contributed by atoms with Crippen molar-refractivity contribution < 1.29 is 13.9 Å². The number of carbonyl (C=O) groups is 1. The van der Waals surface area contributed by atoms with Crippen LogP contribution in [0.4, 0.5) is 0 Å². The van der Waals surface area contributed by atoms with E-state index >= 15 is 0 Å². The normalized spacial score (nSPS) is 20.4. The van der Waals surface area contributed by atoms with E-state index in [1.54, 1.807) is 0 Å². The Labute approximate surface area is 141 Å². The highest BCUT2D eigenvalue weighted by atomic mass is 35.5. The molecule has 3 rings (SSSR count). The molecule has 0 unspecified atom stereocenters. The first-order valence-electron chi connectivity index (χ1n) is 7.65. The molecule has 2 heterocycles. The highest BCUT2D eigenvalue weighted by molar-refractivity contribution is 5.85. The molecule has 0 spiro atoms. The Morgan fingerprint density at radius 2 is 2.26 bits per heavy atom. The molecule has 2 atom stereocenters. The maximum Gasteiger partial charge on any atom is 0.249 e. The summed E-state index contributed by atoms with van der Waals surface area (Å²) in [6, 6.07) is 5.85. The van der Waals surface area contributed by atoms with Gasteiger partial charge in [-0.05, 0) is 31.4 Å². The van der Waals surface area contributed by atoms with E-state index in [1.807, 2.05) is 25.1 Å². The molecule has 3 N–H and O–H groups in total. The van der Waals surface area contributed by atoms with Crippen molar-refractivity contribution >= 4 is 29.4 Å². The molecule has 1 fully saturated rings. The number of fused-ring (bicyclic) bond motifs is 1. The van der Waals surface area contributed by atoms with E-state index in [0.29, 0.717) is 25.4 Å². The number of amides is 1. The number of nitrogens with two attached hydrogens (primary N) is 1. The van der Waals surface area contributed by atoms with Gasteiger partial charge in [-0.1, -0.05) is 12.1 Å². The van der Waals surface area contributed by atoms with Crippen LogP contribution in [-0.4, -0.2) is 36.2 Å². The van der Waals surface area contributed by atoms with Crippen LogP contribution in [0.2, 0.25) is 0 Å². The summed E-state index contributed by atoms with van der Waals surface area (Å²) in [7, 11) is 0. The van der Waals surface area contributed by atoms with Crippen LogP contribution < -0.4 is 11.1 Å². The first-order chi connectivity index (χ1) is 10.7. The molecule has 1 aliphatic heterocycles. The summed E-state index contributed by atoms with van der Waals surface area (Å²) in [4.78, 5) is 16.5. The Morgan fingerprint density at radius 3 is 2.96 bits per heavy atom. The Morgan fingerprint density at radius 1 is 1.43 bits per heavy atom. The monoisotopic (exact) mass is 339 g/mol. The number of carbonyl (C=O) groups excluding carboxylic acids is 1. The predicted octanol–water partition coefficient (Wildman–Crippen LogP) is 1.72. The lowest BCUT2D eigenvalue weighted by molar-refractivity contribution is -0.131. The average molecular weight is 340 g/mol. The second kappa shape index (κ2) is 7.77. The van der Waals surface area contributed by atoms with Gasteiger partial charge in [0.15, 0.2) is 11.5 Å². The minimum absolute atomic E-state index is 0. The van der Waals surface area contributed by atoms with Gasteiger partial charge in [-0.15, -0.1) is 12.4 Å². The summed E-state index contributed by atoms with van der Waals surface area (Å²) in [6.45, 7) is 2.95. The van der Waals surface area contributed by atoms with Crippen LogP contribution in [-0.2, 0) is 16.0 Å². The number of aryl methyl sites for hydroxylation is 1. The zero-order chi connectivity index (χ0) is 15.5. The molecule has 23 heavy (non-hydrogen) atoms. The number of rotatable bonds is 5. The van der Waals surface area contributed by atoms with Gasteiger partial charge in [-0.2, -0.15) is 0 Å². The smallest absolute Gasteiger partial charge is 0.249 e. The lowest BCUT2D eigenvalue weighted by Gasteiger charge is -2.12. The molecule has 1 saturated heterocycles. The van der Waals surface area contributed by atoms with Gasteiger partial charge in [0.2, 0.25) is 5.91 Å². The molecule has 7 heteroatoms. The van der Waals surface area contributed by atoms with E-state index < -0.39 is 0 Å². The lowest BCUT2D eigenvalue weighted by Crippen LogP contribution is -2.36. The molecule has 0 aliphatic carbocycles. The van der Waals surface area contributed by atoms with Gasteiger partial charge in [0, 0.05) is 19.5 Å². The van der Waals surface area contributed by atoms with Crippen molar-refractivity contribution in [3.63, 3.8) is 0 Å². The van der Waals surface area contributed by atoms with Crippen LogP contribution in [0.3, 0.4) is 0 Å². The first kappa shape index (κ1) is 17.7. The third-order valence-electron chi connectivity index (χ3n) is 3.97. The molecule has 1 aromatic carbocycles. The fraction of sp³-hybridized carbons (Fsp3) is 0.500. The van der Waals surface area contributed by atoms with Crippen molar-refractivity contribution in [2.45, 2.75) is 38.4 Å². The van der Waals surface area contributed by atoms with E-state index in [4.69, 9.17) is 14.9 Å². The second-order valence-corrected chi connectivity index (χ2v) is 5.63. The Balaban J connectivity index is 0.00000192. The summed E-state index contributed by atoms with van der Waals surface area (Å²) in [6.07, 6.45) is 1.77. The maximum atomic E-state index is 12.0. The maximum absolute atomic E-state index is 12.0. The molecule has 1 amide bonds. The fourth-order valence-electron chi connectivity index (χ4n) is 2.72. The van der Waals surface area contributed by atoms with Gasteiger partial charge >= 0.3 is 0 Å². The molecule has 126 valence electrons. The van der Waals surface area contributed by atoms with Gasteiger partial charge in [0.05, 0.1) is 6.10 Å². The molecule has 0 bridgehead atoms. The van der Waals surface area contributed by atoms with Crippen LogP contribution in [0.1, 0.15) is 24.3 Å². The summed E-state index contributed by atoms with van der Waals surface area (Å²) in [5.41, 5.74) is 8.30. The summed E-state index contributed by atoms with van der Waals surface area (Å²) in [5.74, 6) is 0.556. The molecule has 0 saturated carbocycles. The van der Waals surface area contributed by atoms with Gasteiger partial charge in [0.1, 0.15) is 11.6 Å². The number of para-hydroxylation sites is 1. The molecule has 1 aliphatic rings. The minimum Gasteiger partial charge on any atom is -0.441 e. The van der Waals surface area contributed by atoms with Crippen LogP contribution in [0.25, 0.3) is 11.1 Å². The molecular formula is C16H22ClN3O3. The van der Waals surface area contributed by atoms with E-state index in [2.05, 4.69) is 10.3 Å². The Kier molecular flexibility index (Phi) is 5.98. The number of nitrogens with one attached hydrogen (secondary N) is 1. The third kappa shape index (κ3) is 4.02. The molecule has 2 aromatic rings. The molecule has 6 nitrogen and oxygen atoms in total. The second-order valence-electron chi connectivity index (χ2n) is 5.63. The Hall–Kier alpha value is -1.63. The highest BCUT2D eigenvalue weighted by Gasteiger charge is 2.29.